The van der Waals surface area contributed by atoms with Gasteiger partial charge < -0.3 is 10.1 Å². The van der Waals surface area contributed by atoms with Crippen LogP contribution in [0.5, 0.6) is 0 Å². The van der Waals surface area contributed by atoms with Crippen LogP contribution in [0, 0.1) is 0 Å². The van der Waals surface area contributed by atoms with Gasteiger partial charge in [0.15, 0.2) is 0 Å². The Morgan fingerprint density at radius 3 is 2.27 bits per heavy atom. The molecule has 1 heterocycles. The highest BCUT2D eigenvalue weighted by molar-refractivity contribution is 5.95. The second-order valence-corrected chi connectivity index (χ2v) is 5.13. The zero-order chi connectivity index (χ0) is 19.2. The zero-order valence-electron chi connectivity index (χ0n) is 13.7. The summed E-state index contributed by atoms with van der Waals surface area (Å²) in [6, 6.07) is 9.58. The zero-order valence-corrected chi connectivity index (χ0v) is 13.7. The number of carbonyl (C=O) groups excluding carboxylic acids is 2. The van der Waals surface area contributed by atoms with E-state index in [1.54, 1.807) is 17.4 Å². The van der Waals surface area contributed by atoms with Crippen molar-refractivity contribution in [2.24, 2.45) is 0 Å². The van der Waals surface area contributed by atoms with Gasteiger partial charge in [-0.1, -0.05) is 36.4 Å². The summed E-state index contributed by atoms with van der Waals surface area (Å²) in [6.07, 6.45) is -3.79. The summed E-state index contributed by atoms with van der Waals surface area (Å²) in [5.41, 5.74) is -3.83. The van der Waals surface area contributed by atoms with Gasteiger partial charge in [-0.15, -0.1) is 0 Å². The minimum atomic E-state index is -5.15. The first-order chi connectivity index (χ1) is 12.3. The van der Waals surface area contributed by atoms with Crippen molar-refractivity contribution in [3.05, 3.63) is 60.3 Å². The van der Waals surface area contributed by atoms with Crippen LogP contribution in [0.2, 0.25) is 0 Å². The Morgan fingerprint density at radius 1 is 1.08 bits per heavy atom. The lowest BCUT2D eigenvalue weighted by Gasteiger charge is -2.34. The fraction of sp³-hybridized carbons (Fsp3) is 0.235. The van der Waals surface area contributed by atoms with Gasteiger partial charge in [0.1, 0.15) is 5.82 Å². The molecule has 0 unspecified atom stereocenters. The van der Waals surface area contributed by atoms with Crippen molar-refractivity contribution in [2.45, 2.75) is 18.6 Å². The normalized spacial score (nSPS) is 13.4. The molecular weight excluding hydrogens is 351 g/mol. The van der Waals surface area contributed by atoms with Crippen LogP contribution in [0.4, 0.5) is 23.8 Å². The third-order valence-electron chi connectivity index (χ3n) is 3.42. The molecule has 0 aliphatic heterocycles. The number of hydrogen-bond acceptors (Lipinski definition) is 4. The molecule has 6 nitrogen and oxygen atoms in total. The van der Waals surface area contributed by atoms with Gasteiger partial charge in [-0.3, -0.25) is 5.32 Å². The fourth-order valence-corrected chi connectivity index (χ4v) is 2.27. The second kappa shape index (κ2) is 7.85. The lowest BCUT2D eigenvalue weighted by atomic mass is 9.89. The maximum absolute atomic E-state index is 14.0. The van der Waals surface area contributed by atoms with Crippen LogP contribution in [0.15, 0.2) is 54.7 Å². The van der Waals surface area contributed by atoms with Crippen molar-refractivity contribution in [2.75, 3.05) is 11.9 Å². The Balaban J connectivity index is 2.45. The molecule has 138 valence electrons. The molecule has 26 heavy (non-hydrogen) atoms. The minimum Gasteiger partial charge on any atom is -0.464 e. The molecule has 0 aliphatic rings. The molecule has 0 aliphatic carbocycles. The van der Waals surface area contributed by atoms with E-state index in [0.717, 1.165) is 12.1 Å². The molecule has 0 spiro atoms. The summed E-state index contributed by atoms with van der Waals surface area (Å²) >= 11 is 0. The third-order valence-corrected chi connectivity index (χ3v) is 3.42. The van der Waals surface area contributed by atoms with Crippen LogP contribution < -0.4 is 10.6 Å². The van der Waals surface area contributed by atoms with Crippen LogP contribution in [-0.4, -0.2) is 29.8 Å². The minimum absolute atomic E-state index is 0.0259. The number of amides is 2. The van der Waals surface area contributed by atoms with Gasteiger partial charge in [-0.25, -0.2) is 14.6 Å². The Bertz CT molecular complexity index is 754. The first-order valence-corrected chi connectivity index (χ1v) is 7.61. The Labute approximate surface area is 147 Å². The predicted molar refractivity (Wildman–Crippen MR) is 87.2 cm³/mol. The molecular formula is C17H16F3N3O3. The van der Waals surface area contributed by atoms with E-state index in [1.165, 1.54) is 37.4 Å². The molecule has 2 N–H and O–H groups in total. The second-order valence-electron chi connectivity index (χ2n) is 5.13. The van der Waals surface area contributed by atoms with Crippen molar-refractivity contribution in [1.82, 2.24) is 10.3 Å². The van der Waals surface area contributed by atoms with Crippen LogP contribution in [0.25, 0.3) is 0 Å². The number of carbonyl (C=O) groups is 2. The molecule has 0 radical (unpaired) electrons. The van der Waals surface area contributed by atoms with Crippen LogP contribution in [0.1, 0.15) is 12.5 Å². The van der Waals surface area contributed by atoms with Crippen molar-refractivity contribution in [3.63, 3.8) is 0 Å². The van der Waals surface area contributed by atoms with E-state index in [-0.39, 0.29) is 12.4 Å². The number of alkyl halides is 3. The maximum Gasteiger partial charge on any atom is 0.426 e. The quantitative estimate of drug-likeness (QED) is 0.795. The number of rotatable bonds is 5. The molecule has 2 aromatic rings. The van der Waals surface area contributed by atoms with E-state index in [1.807, 2.05) is 0 Å². The SMILES string of the molecule is CCOC(=O)[C@@](NC(=O)Nc1ccccn1)(c1ccccc1)C(F)(F)F. The van der Waals surface area contributed by atoms with Gasteiger partial charge >= 0.3 is 18.2 Å². The highest BCUT2D eigenvalue weighted by Crippen LogP contribution is 2.40. The highest BCUT2D eigenvalue weighted by atomic mass is 19.4. The molecule has 9 heteroatoms. The predicted octanol–water partition coefficient (Wildman–Crippen LogP) is 3.22. The number of nitrogens with zero attached hydrogens (tertiary/aromatic N) is 1. The molecule has 1 atom stereocenters. The molecule has 2 amide bonds. The van der Waals surface area contributed by atoms with Crippen LogP contribution >= 0.6 is 0 Å². The van der Waals surface area contributed by atoms with E-state index >= 15 is 0 Å². The van der Waals surface area contributed by atoms with Crippen molar-refractivity contribution >= 4 is 17.8 Å². The molecule has 0 bridgehead atoms. The molecule has 1 aromatic carbocycles. The van der Waals surface area contributed by atoms with Gasteiger partial charge in [-0.2, -0.15) is 13.2 Å². The van der Waals surface area contributed by atoms with E-state index < -0.39 is 29.3 Å². The Hall–Kier alpha value is -3.10. The van der Waals surface area contributed by atoms with Gasteiger partial charge in [0.05, 0.1) is 6.61 Å². The van der Waals surface area contributed by atoms with E-state index in [0.29, 0.717) is 0 Å². The molecule has 0 saturated carbocycles. The fourth-order valence-electron chi connectivity index (χ4n) is 2.27. The van der Waals surface area contributed by atoms with E-state index in [4.69, 9.17) is 0 Å². The molecule has 2 rings (SSSR count). The average molecular weight is 367 g/mol. The summed E-state index contributed by atoms with van der Waals surface area (Å²) in [7, 11) is 0. The molecule has 0 fully saturated rings. The van der Waals surface area contributed by atoms with Crippen molar-refractivity contribution in [3.8, 4) is 0 Å². The van der Waals surface area contributed by atoms with Gasteiger partial charge in [0.25, 0.3) is 5.54 Å². The summed E-state index contributed by atoms with van der Waals surface area (Å²) in [5, 5.41) is 3.90. The number of aromatic nitrogens is 1. The number of nitrogens with one attached hydrogen (secondary N) is 2. The number of benzene rings is 1. The largest absolute Gasteiger partial charge is 0.464 e. The number of urea groups is 1. The first-order valence-electron chi connectivity index (χ1n) is 7.61. The third kappa shape index (κ3) is 3.93. The van der Waals surface area contributed by atoms with E-state index in [2.05, 4.69) is 15.0 Å². The average Bonchev–Trinajstić information content (AvgIpc) is 2.60. The number of ether oxygens (including phenoxy) is 1. The Morgan fingerprint density at radius 2 is 1.73 bits per heavy atom. The Kier molecular flexibility index (Phi) is 5.81. The maximum atomic E-state index is 14.0. The number of hydrogen-bond donors (Lipinski definition) is 2. The standard InChI is InChI=1S/C17H16F3N3O3/c1-2-26-14(24)16(17(18,19)20,12-8-4-3-5-9-12)23-15(25)22-13-10-6-7-11-21-13/h3-11H,2H2,1H3,(H2,21,22,23,25)/t16-/m0/s1. The summed E-state index contributed by atoms with van der Waals surface area (Å²) in [6.45, 7) is 1.09. The first kappa shape index (κ1) is 19.2. The van der Waals surface area contributed by atoms with E-state index in [9.17, 15) is 22.8 Å². The lowest BCUT2D eigenvalue weighted by molar-refractivity contribution is -0.213. The smallest absolute Gasteiger partial charge is 0.426 e. The van der Waals surface area contributed by atoms with Crippen LogP contribution in [0.3, 0.4) is 0 Å². The monoisotopic (exact) mass is 367 g/mol. The van der Waals surface area contributed by atoms with Gasteiger partial charge in [0, 0.05) is 6.20 Å². The van der Waals surface area contributed by atoms with Crippen molar-refractivity contribution < 1.29 is 27.5 Å². The number of anilines is 1. The molecule has 0 saturated heterocycles. The topological polar surface area (TPSA) is 80.3 Å². The molecule has 1 aromatic heterocycles. The number of pyridine rings is 1. The summed E-state index contributed by atoms with van der Waals surface area (Å²) in [4.78, 5) is 28.3. The summed E-state index contributed by atoms with van der Waals surface area (Å²) < 4.78 is 46.5. The van der Waals surface area contributed by atoms with Gasteiger partial charge in [0.2, 0.25) is 0 Å². The number of halogens is 3. The van der Waals surface area contributed by atoms with Gasteiger partial charge in [-0.05, 0) is 24.6 Å². The number of esters is 1. The highest BCUT2D eigenvalue weighted by Gasteiger charge is 2.64. The van der Waals surface area contributed by atoms with Crippen LogP contribution in [-0.2, 0) is 15.1 Å². The lowest BCUT2D eigenvalue weighted by Crippen LogP contribution is -2.62. The van der Waals surface area contributed by atoms with Crippen molar-refractivity contribution in [1.29, 1.82) is 0 Å². The summed E-state index contributed by atoms with van der Waals surface area (Å²) in [5.74, 6) is -1.60.